The topological polar surface area (TPSA) is 62.3 Å². The van der Waals surface area contributed by atoms with Gasteiger partial charge in [0.2, 0.25) is 5.91 Å². The van der Waals surface area contributed by atoms with Gasteiger partial charge in [-0.15, -0.1) is 0 Å². The molecule has 2 aromatic rings. The number of aryl methyl sites for hydroxylation is 1. The second-order valence-corrected chi connectivity index (χ2v) is 7.87. The summed E-state index contributed by atoms with van der Waals surface area (Å²) in [4.78, 5) is 32.0. The van der Waals surface area contributed by atoms with E-state index in [0.717, 1.165) is 72.9 Å². The van der Waals surface area contributed by atoms with Gasteiger partial charge in [0.15, 0.2) is 0 Å². The second kappa shape index (κ2) is 7.67. The Balaban J connectivity index is 1.55. The van der Waals surface area contributed by atoms with Crippen LogP contribution in [0.1, 0.15) is 54.2 Å². The monoisotopic (exact) mass is 365 g/mol. The Bertz CT molecular complexity index is 871. The van der Waals surface area contributed by atoms with E-state index < -0.39 is 0 Å². The van der Waals surface area contributed by atoms with Gasteiger partial charge in [-0.25, -0.2) is 0 Å². The van der Waals surface area contributed by atoms with Crippen LogP contribution < -0.4 is 5.32 Å². The molecule has 0 spiro atoms. The van der Waals surface area contributed by atoms with Gasteiger partial charge in [-0.1, -0.05) is 25.1 Å². The summed E-state index contributed by atoms with van der Waals surface area (Å²) in [5, 5.41) is 3.91. The third kappa shape index (κ3) is 3.68. The van der Waals surface area contributed by atoms with Crippen LogP contribution in [0.3, 0.4) is 0 Å². The number of carbonyl (C=O) groups is 2. The molecule has 1 aromatic heterocycles. The van der Waals surface area contributed by atoms with Gasteiger partial charge in [-0.2, -0.15) is 0 Å². The molecule has 0 bridgehead atoms. The highest BCUT2D eigenvalue weighted by atomic mass is 16.2. The van der Waals surface area contributed by atoms with E-state index in [4.69, 9.17) is 4.98 Å². The molecule has 1 aliphatic carbocycles. The van der Waals surface area contributed by atoms with Crippen molar-refractivity contribution < 1.29 is 9.59 Å². The van der Waals surface area contributed by atoms with E-state index in [1.54, 1.807) is 0 Å². The first-order valence-electron chi connectivity index (χ1n) is 10.1. The van der Waals surface area contributed by atoms with Crippen LogP contribution in [0.5, 0.6) is 0 Å². The van der Waals surface area contributed by atoms with Crippen LogP contribution in [0.4, 0.5) is 0 Å². The fourth-order valence-electron chi connectivity index (χ4n) is 4.32. The van der Waals surface area contributed by atoms with Crippen molar-refractivity contribution in [3.05, 3.63) is 41.1 Å². The Labute approximate surface area is 160 Å². The largest absolute Gasteiger partial charge is 0.351 e. The van der Waals surface area contributed by atoms with Crippen LogP contribution in [0.15, 0.2) is 24.3 Å². The molecule has 1 aromatic carbocycles. The van der Waals surface area contributed by atoms with Crippen LogP contribution in [-0.4, -0.2) is 41.3 Å². The Morgan fingerprint density at radius 2 is 2.00 bits per heavy atom. The molecule has 5 heteroatoms. The highest BCUT2D eigenvalue weighted by Crippen LogP contribution is 2.31. The maximum absolute atomic E-state index is 13.1. The minimum absolute atomic E-state index is 0.0758. The van der Waals surface area contributed by atoms with Crippen LogP contribution in [0.25, 0.3) is 10.9 Å². The van der Waals surface area contributed by atoms with Crippen LogP contribution in [0, 0.1) is 5.92 Å². The summed E-state index contributed by atoms with van der Waals surface area (Å²) in [5.74, 6) is 0.625. The molecule has 1 saturated heterocycles. The number of likely N-dealkylation sites (tertiary alicyclic amines) is 1. The van der Waals surface area contributed by atoms with Crippen LogP contribution in [-0.2, 0) is 17.6 Å². The Morgan fingerprint density at radius 1 is 1.22 bits per heavy atom. The average Bonchev–Trinajstić information content (AvgIpc) is 3.21. The van der Waals surface area contributed by atoms with Gasteiger partial charge < -0.3 is 10.2 Å². The van der Waals surface area contributed by atoms with Crippen molar-refractivity contribution in [2.45, 2.75) is 45.4 Å². The summed E-state index contributed by atoms with van der Waals surface area (Å²) in [5.41, 5.74) is 3.79. The molecular formula is C22H27N3O2. The molecule has 0 saturated carbocycles. The maximum atomic E-state index is 13.1. The summed E-state index contributed by atoms with van der Waals surface area (Å²) in [6.07, 6.45) is 5.48. The molecule has 2 aliphatic rings. The second-order valence-electron chi connectivity index (χ2n) is 7.87. The zero-order chi connectivity index (χ0) is 18.8. The first-order valence-corrected chi connectivity index (χ1v) is 10.1. The number of fused-ring (bicyclic) bond motifs is 2. The lowest BCUT2D eigenvalue weighted by molar-refractivity contribution is -0.129. The molecule has 1 atom stereocenters. The number of pyridine rings is 1. The molecule has 0 radical (unpaired) electrons. The summed E-state index contributed by atoms with van der Waals surface area (Å²) in [6.45, 7) is 4.32. The van der Waals surface area contributed by atoms with Gasteiger partial charge in [0.05, 0.1) is 11.1 Å². The first kappa shape index (κ1) is 18.0. The predicted molar refractivity (Wildman–Crippen MR) is 106 cm³/mol. The molecule has 5 nitrogen and oxygen atoms in total. The summed E-state index contributed by atoms with van der Waals surface area (Å²) >= 11 is 0. The molecule has 1 aliphatic heterocycles. The summed E-state index contributed by atoms with van der Waals surface area (Å²) in [7, 11) is 0. The highest BCUT2D eigenvalue weighted by molar-refractivity contribution is 6.07. The van der Waals surface area contributed by atoms with E-state index in [1.807, 2.05) is 29.2 Å². The quantitative estimate of drug-likeness (QED) is 0.906. The van der Waals surface area contributed by atoms with E-state index in [1.165, 1.54) is 0 Å². The standard InChI is InChI=1S/C22H27N3O2/c1-15-8-9-19-17(14-15)21(16-6-2-3-7-18(16)24-19)22(27)23-11-10-20(26)25-12-4-5-13-25/h2-3,6-7,15H,4-5,8-14H2,1H3,(H,23,27)/t15-/m0/s1. The molecule has 4 rings (SSSR count). The zero-order valence-electron chi connectivity index (χ0n) is 16.0. The molecule has 0 unspecified atom stereocenters. The molecule has 2 amide bonds. The van der Waals surface area contributed by atoms with Crippen molar-refractivity contribution in [1.29, 1.82) is 0 Å². The Hall–Kier alpha value is -2.43. The zero-order valence-corrected chi connectivity index (χ0v) is 16.0. The van der Waals surface area contributed by atoms with Gasteiger partial charge in [-0.05, 0) is 49.7 Å². The van der Waals surface area contributed by atoms with E-state index in [2.05, 4.69) is 12.2 Å². The normalized spacial score (nSPS) is 19.1. The Morgan fingerprint density at radius 3 is 2.81 bits per heavy atom. The van der Waals surface area contributed by atoms with E-state index in [0.29, 0.717) is 18.9 Å². The van der Waals surface area contributed by atoms with Crippen molar-refractivity contribution in [1.82, 2.24) is 15.2 Å². The number of carbonyl (C=O) groups excluding carboxylic acids is 2. The number of amides is 2. The summed E-state index contributed by atoms with van der Waals surface area (Å²) < 4.78 is 0. The van der Waals surface area contributed by atoms with E-state index in [-0.39, 0.29) is 11.8 Å². The van der Waals surface area contributed by atoms with Gasteiger partial charge in [0, 0.05) is 37.1 Å². The minimum Gasteiger partial charge on any atom is -0.351 e. The van der Waals surface area contributed by atoms with Crippen molar-refractivity contribution in [3.63, 3.8) is 0 Å². The fraction of sp³-hybridized carbons (Fsp3) is 0.500. The molecular weight excluding hydrogens is 338 g/mol. The number of para-hydroxylation sites is 1. The maximum Gasteiger partial charge on any atom is 0.252 e. The molecule has 1 N–H and O–H groups in total. The number of nitrogens with zero attached hydrogens (tertiary/aromatic N) is 2. The van der Waals surface area contributed by atoms with Crippen LogP contribution >= 0.6 is 0 Å². The lowest BCUT2D eigenvalue weighted by Gasteiger charge is -2.24. The SMILES string of the molecule is C[C@H]1CCc2nc3ccccc3c(C(=O)NCCC(=O)N3CCCC3)c2C1. The third-order valence-electron chi connectivity index (χ3n) is 5.82. The minimum atomic E-state index is -0.0758. The summed E-state index contributed by atoms with van der Waals surface area (Å²) in [6, 6.07) is 7.87. The average molecular weight is 365 g/mol. The molecule has 142 valence electrons. The van der Waals surface area contributed by atoms with Crippen molar-refractivity contribution in [2.75, 3.05) is 19.6 Å². The molecule has 2 heterocycles. The number of nitrogens with one attached hydrogen (secondary N) is 1. The van der Waals surface area contributed by atoms with E-state index >= 15 is 0 Å². The highest BCUT2D eigenvalue weighted by Gasteiger charge is 2.25. The fourth-order valence-corrected chi connectivity index (χ4v) is 4.32. The van der Waals surface area contributed by atoms with Gasteiger partial charge in [0.1, 0.15) is 0 Å². The lowest BCUT2D eigenvalue weighted by Crippen LogP contribution is -2.33. The lowest BCUT2D eigenvalue weighted by atomic mass is 9.84. The van der Waals surface area contributed by atoms with Crippen LogP contribution in [0.2, 0.25) is 0 Å². The van der Waals surface area contributed by atoms with Crippen molar-refractivity contribution in [2.24, 2.45) is 5.92 Å². The number of benzene rings is 1. The van der Waals surface area contributed by atoms with E-state index in [9.17, 15) is 9.59 Å². The van der Waals surface area contributed by atoms with Crippen molar-refractivity contribution in [3.8, 4) is 0 Å². The van der Waals surface area contributed by atoms with Gasteiger partial charge >= 0.3 is 0 Å². The Kier molecular flexibility index (Phi) is 5.10. The molecule has 1 fully saturated rings. The number of hydrogen-bond acceptors (Lipinski definition) is 3. The smallest absolute Gasteiger partial charge is 0.252 e. The number of aromatic nitrogens is 1. The van der Waals surface area contributed by atoms with Gasteiger partial charge in [-0.3, -0.25) is 14.6 Å². The number of hydrogen-bond donors (Lipinski definition) is 1. The number of rotatable bonds is 4. The van der Waals surface area contributed by atoms with Crippen molar-refractivity contribution >= 4 is 22.7 Å². The van der Waals surface area contributed by atoms with Gasteiger partial charge in [0.25, 0.3) is 5.91 Å². The third-order valence-corrected chi connectivity index (χ3v) is 5.82. The predicted octanol–water partition coefficient (Wildman–Crippen LogP) is 3.10. The first-order chi connectivity index (χ1) is 13.1. The molecule has 27 heavy (non-hydrogen) atoms.